The molecule has 4 nitrogen and oxygen atoms in total. The number of benzene rings is 3. The van der Waals surface area contributed by atoms with Crippen LogP contribution in [0.3, 0.4) is 0 Å². The van der Waals surface area contributed by atoms with Crippen LogP contribution in [0.4, 0.5) is 0 Å². The number of fused-ring (bicyclic) bond motifs is 5. The first-order valence-electron chi connectivity index (χ1n) is 10.5. The highest BCUT2D eigenvalue weighted by atomic mass is 35.5. The van der Waals surface area contributed by atoms with Crippen LogP contribution in [0.15, 0.2) is 72.8 Å². The summed E-state index contributed by atoms with van der Waals surface area (Å²) < 4.78 is 5.63. The molecule has 31 heavy (non-hydrogen) atoms. The number of amides is 1. The molecule has 1 amide bonds. The molecule has 0 saturated heterocycles. The van der Waals surface area contributed by atoms with Gasteiger partial charge >= 0.3 is 5.97 Å². The molecule has 0 spiro atoms. The van der Waals surface area contributed by atoms with Crippen molar-refractivity contribution in [1.82, 2.24) is 4.90 Å². The van der Waals surface area contributed by atoms with Crippen molar-refractivity contribution < 1.29 is 14.3 Å². The minimum atomic E-state index is -0.998. The Morgan fingerprint density at radius 1 is 1.10 bits per heavy atom. The number of hydrogen-bond donors (Lipinski definition) is 0. The molecule has 0 saturated carbocycles. The van der Waals surface area contributed by atoms with Crippen molar-refractivity contribution in [2.24, 2.45) is 0 Å². The maximum atomic E-state index is 13.7. The first-order valence-corrected chi connectivity index (χ1v) is 10.8. The van der Waals surface area contributed by atoms with E-state index in [1.54, 1.807) is 0 Å². The molecular weight excluding hydrogens is 410 g/mol. The summed E-state index contributed by atoms with van der Waals surface area (Å²) in [5.74, 6) is -0.377. The standard InChI is InChI=1S/C26H22ClNO3/c1-2-31-25(30)26-15-18-14-19(27)12-13-20(18)23(26)28(16-17-8-4-3-5-9-17)24(29)21-10-6-7-11-22(21)26/h3-14,23H,2,15-16H2,1H3/t23-,26+/m1/s1. The molecule has 3 aromatic carbocycles. The highest BCUT2D eigenvalue weighted by molar-refractivity contribution is 6.30. The number of hydrogen-bond acceptors (Lipinski definition) is 3. The third-order valence-electron chi connectivity index (χ3n) is 6.38. The van der Waals surface area contributed by atoms with Crippen LogP contribution >= 0.6 is 11.6 Å². The Kier molecular flexibility index (Phi) is 4.82. The molecule has 156 valence electrons. The zero-order valence-electron chi connectivity index (χ0n) is 17.2. The molecule has 5 rings (SSSR count). The number of esters is 1. The lowest BCUT2D eigenvalue weighted by atomic mass is 9.69. The first-order chi connectivity index (χ1) is 15.1. The summed E-state index contributed by atoms with van der Waals surface area (Å²) in [6, 6.07) is 22.5. The fraction of sp³-hybridized carbons (Fsp3) is 0.231. The van der Waals surface area contributed by atoms with Gasteiger partial charge in [-0.15, -0.1) is 0 Å². The lowest BCUT2D eigenvalue weighted by Gasteiger charge is -2.45. The van der Waals surface area contributed by atoms with E-state index in [0.29, 0.717) is 23.6 Å². The second-order valence-corrected chi connectivity index (χ2v) is 8.51. The summed E-state index contributed by atoms with van der Waals surface area (Å²) in [6.45, 7) is 2.49. The van der Waals surface area contributed by atoms with Gasteiger partial charge in [0.2, 0.25) is 0 Å². The third kappa shape index (κ3) is 2.97. The van der Waals surface area contributed by atoms with Gasteiger partial charge in [0.15, 0.2) is 0 Å². The fourth-order valence-corrected chi connectivity index (χ4v) is 5.36. The molecule has 3 aromatic rings. The molecule has 1 aliphatic carbocycles. The summed E-state index contributed by atoms with van der Waals surface area (Å²) in [5, 5.41) is 0.616. The Bertz CT molecular complexity index is 1180. The number of halogens is 1. The van der Waals surface area contributed by atoms with Crippen LogP contribution in [0.2, 0.25) is 5.02 Å². The van der Waals surface area contributed by atoms with Gasteiger partial charge in [0.1, 0.15) is 5.41 Å². The van der Waals surface area contributed by atoms with Crippen LogP contribution < -0.4 is 0 Å². The molecule has 0 N–H and O–H groups in total. The molecule has 0 bridgehead atoms. The average Bonchev–Trinajstić information content (AvgIpc) is 3.13. The molecule has 5 heteroatoms. The first kappa shape index (κ1) is 19.8. The zero-order chi connectivity index (χ0) is 21.6. The average molecular weight is 432 g/mol. The van der Waals surface area contributed by atoms with Crippen LogP contribution in [0.5, 0.6) is 0 Å². The van der Waals surface area contributed by atoms with Gasteiger partial charge in [0.25, 0.3) is 5.91 Å². The SMILES string of the molecule is CCOC(=O)[C@]12Cc3cc(Cl)ccc3[C@H]1N(Cc1ccccc1)C(=O)c1ccccc12. The van der Waals surface area contributed by atoms with Crippen molar-refractivity contribution in [2.45, 2.75) is 31.3 Å². The Morgan fingerprint density at radius 3 is 2.61 bits per heavy atom. The molecule has 0 aromatic heterocycles. The lowest BCUT2D eigenvalue weighted by molar-refractivity contribution is -0.153. The lowest BCUT2D eigenvalue weighted by Crippen LogP contribution is -2.54. The normalized spacial score (nSPS) is 21.3. The van der Waals surface area contributed by atoms with Gasteiger partial charge in [0, 0.05) is 17.1 Å². The number of ether oxygens (including phenoxy) is 1. The second kappa shape index (κ2) is 7.54. The highest BCUT2D eigenvalue weighted by Crippen LogP contribution is 2.56. The minimum Gasteiger partial charge on any atom is -0.465 e. The monoisotopic (exact) mass is 431 g/mol. The van der Waals surface area contributed by atoms with E-state index in [0.717, 1.165) is 22.3 Å². The predicted molar refractivity (Wildman–Crippen MR) is 119 cm³/mol. The fourth-order valence-electron chi connectivity index (χ4n) is 5.16. The zero-order valence-corrected chi connectivity index (χ0v) is 17.9. The van der Waals surface area contributed by atoms with Gasteiger partial charge in [-0.1, -0.05) is 66.2 Å². The summed E-state index contributed by atoms with van der Waals surface area (Å²) in [5.41, 5.74) is 3.24. The van der Waals surface area contributed by atoms with Crippen LogP contribution in [-0.4, -0.2) is 23.4 Å². The van der Waals surface area contributed by atoms with Crippen LogP contribution in [0.25, 0.3) is 0 Å². The van der Waals surface area contributed by atoms with Crippen LogP contribution in [0, 0.1) is 0 Å². The summed E-state index contributed by atoms with van der Waals surface area (Å²) >= 11 is 6.31. The quantitative estimate of drug-likeness (QED) is 0.540. The molecule has 0 radical (unpaired) electrons. The van der Waals surface area contributed by atoms with Crippen molar-refractivity contribution in [1.29, 1.82) is 0 Å². The predicted octanol–water partition coefficient (Wildman–Crippen LogP) is 5.09. The summed E-state index contributed by atoms with van der Waals surface area (Å²) in [6.07, 6.45) is 0.446. The number of nitrogens with zero attached hydrogens (tertiary/aromatic N) is 1. The molecular formula is C26H22ClNO3. The Hall–Kier alpha value is -3.11. The van der Waals surface area contributed by atoms with Crippen molar-refractivity contribution in [3.05, 3.63) is 106 Å². The molecule has 1 aliphatic heterocycles. The molecule has 2 aliphatic rings. The van der Waals surface area contributed by atoms with Crippen molar-refractivity contribution in [3.63, 3.8) is 0 Å². The molecule has 2 atom stereocenters. The summed E-state index contributed by atoms with van der Waals surface area (Å²) in [4.78, 5) is 29.2. The minimum absolute atomic E-state index is 0.0767. The maximum Gasteiger partial charge on any atom is 0.319 e. The smallest absolute Gasteiger partial charge is 0.319 e. The molecule has 0 fully saturated rings. The van der Waals surface area contributed by atoms with Crippen molar-refractivity contribution in [2.75, 3.05) is 6.61 Å². The molecule has 1 heterocycles. The summed E-state index contributed by atoms with van der Waals surface area (Å²) in [7, 11) is 0. The number of carbonyl (C=O) groups excluding carboxylic acids is 2. The Balaban J connectivity index is 1.76. The van der Waals surface area contributed by atoms with E-state index in [-0.39, 0.29) is 18.5 Å². The Morgan fingerprint density at radius 2 is 1.84 bits per heavy atom. The van der Waals surface area contributed by atoms with E-state index in [9.17, 15) is 9.59 Å². The number of rotatable bonds is 4. The topological polar surface area (TPSA) is 46.6 Å². The van der Waals surface area contributed by atoms with Gasteiger partial charge in [-0.2, -0.15) is 0 Å². The van der Waals surface area contributed by atoms with Crippen LogP contribution in [0.1, 0.15) is 45.6 Å². The van der Waals surface area contributed by atoms with Gasteiger partial charge in [-0.25, -0.2) is 0 Å². The van der Waals surface area contributed by atoms with E-state index < -0.39 is 11.5 Å². The van der Waals surface area contributed by atoms with E-state index in [4.69, 9.17) is 16.3 Å². The highest BCUT2D eigenvalue weighted by Gasteiger charge is 2.61. The van der Waals surface area contributed by atoms with Crippen molar-refractivity contribution >= 4 is 23.5 Å². The largest absolute Gasteiger partial charge is 0.465 e. The van der Waals surface area contributed by atoms with Gasteiger partial charge in [-0.05, 0) is 53.8 Å². The molecule has 0 unspecified atom stereocenters. The third-order valence-corrected chi connectivity index (χ3v) is 6.62. The van der Waals surface area contributed by atoms with E-state index in [1.165, 1.54) is 0 Å². The van der Waals surface area contributed by atoms with Crippen LogP contribution in [-0.2, 0) is 27.9 Å². The van der Waals surface area contributed by atoms with Gasteiger partial charge in [-0.3, -0.25) is 9.59 Å². The van der Waals surface area contributed by atoms with Crippen molar-refractivity contribution in [3.8, 4) is 0 Å². The van der Waals surface area contributed by atoms with E-state index in [1.807, 2.05) is 84.6 Å². The van der Waals surface area contributed by atoms with E-state index >= 15 is 0 Å². The second-order valence-electron chi connectivity index (χ2n) is 8.08. The van der Waals surface area contributed by atoms with Gasteiger partial charge in [0.05, 0.1) is 12.6 Å². The Labute approximate surface area is 186 Å². The number of carbonyl (C=O) groups is 2. The maximum absolute atomic E-state index is 13.7. The van der Waals surface area contributed by atoms with Gasteiger partial charge < -0.3 is 9.64 Å². The van der Waals surface area contributed by atoms with E-state index in [2.05, 4.69) is 0 Å².